The molecule has 206 valence electrons. The summed E-state index contributed by atoms with van der Waals surface area (Å²) in [5.41, 5.74) is 0.941. The van der Waals surface area contributed by atoms with Crippen molar-refractivity contribution < 1.29 is 9.13 Å². The van der Waals surface area contributed by atoms with E-state index in [2.05, 4.69) is 40.3 Å². The predicted molar refractivity (Wildman–Crippen MR) is 156 cm³/mol. The van der Waals surface area contributed by atoms with E-state index in [1.54, 1.807) is 0 Å². The van der Waals surface area contributed by atoms with Gasteiger partial charge in [0.1, 0.15) is 17.5 Å². The Balaban J connectivity index is 1.33. The topological polar surface area (TPSA) is 65.5 Å². The van der Waals surface area contributed by atoms with Crippen LogP contribution in [0.5, 0.6) is 0 Å². The average Bonchev–Trinajstić information content (AvgIpc) is 2.93. The number of hydrogen-bond donors (Lipinski definition) is 2. The number of ether oxygens (including phenoxy) is 1. The van der Waals surface area contributed by atoms with Gasteiger partial charge in [0, 0.05) is 57.4 Å². The Hall–Kier alpha value is -2.52. The Labute approximate surface area is 231 Å². The van der Waals surface area contributed by atoms with Crippen molar-refractivity contribution in [1.29, 1.82) is 0 Å². The number of halogens is 1. The van der Waals surface area contributed by atoms with Crippen LogP contribution in [-0.4, -0.2) is 61.0 Å². The fourth-order valence-corrected chi connectivity index (χ4v) is 6.29. The van der Waals surface area contributed by atoms with Gasteiger partial charge in [0.05, 0.1) is 0 Å². The van der Waals surface area contributed by atoms with E-state index >= 15 is 0 Å². The summed E-state index contributed by atoms with van der Waals surface area (Å²) >= 11 is 5.74. The van der Waals surface area contributed by atoms with Crippen molar-refractivity contribution in [2.75, 3.05) is 61.1 Å². The number of nitrogens with one attached hydrogen (secondary N) is 2. The van der Waals surface area contributed by atoms with Crippen LogP contribution in [-0.2, 0) is 10.2 Å². The molecule has 0 saturated carbocycles. The highest BCUT2D eigenvalue weighted by Gasteiger charge is 2.34. The second-order valence-electron chi connectivity index (χ2n) is 11.5. The summed E-state index contributed by atoms with van der Waals surface area (Å²) in [7, 11) is 0. The maximum Gasteiger partial charge on any atom is 0.232 e. The first-order valence-corrected chi connectivity index (χ1v) is 14.6. The molecule has 4 heterocycles. The van der Waals surface area contributed by atoms with Crippen LogP contribution in [0, 0.1) is 17.7 Å². The normalized spacial score (nSPS) is 23.7. The Morgan fingerprint density at radius 1 is 1.00 bits per heavy atom. The first-order valence-electron chi connectivity index (χ1n) is 14.2. The van der Waals surface area contributed by atoms with Crippen molar-refractivity contribution in [3.05, 3.63) is 41.7 Å². The van der Waals surface area contributed by atoms with Crippen LogP contribution in [0.15, 0.2) is 30.3 Å². The molecule has 0 radical (unpaired) electrons. The lowest BCUT2D eigenvalue weighted by Gasteiger charge is -2.38. The molecule has 0 bridgehead atoms. The van der Waals surface area contributed by atoms with Gasteiger partial charge in [-0.15, -0.1) is 0 Å². The van der Waals surface area contributed by atoms with Crippen LogP contribution < -0.4 is 20.4 Å². The van der Waals surface area contributed by atoms with E-state index in [0.29, 0.717) is 42.7 Å². The molecule has 1 aromatic heterocycles. The van der Waals surface area contributed by atoms with Crippen LogP contribution in [0.2, 0.25) is 0 Å². The van der Waals surface area contributed by atoms with E-state index in [4.69, 9.17) is 26.9 Å². The minimum atomic E-state index is -0.222. The molecule has 5 rings (SSSR count). The lowest BCUT2D eigenvalue weighted by molar-refractivity contribution is 0.0515. The first kappa shape index (κ1) is 27.1. The van der Waals surface area contributed by atoms with Crippen molar-refractivity contribution in [2.24, 2.45) is 11.8 Å². The number of anilines is 3. The number of nitrogens with zero attached hydrogens (tertiary/aromatic N) is 4. The van der Waals surface area contributed by atoms with E-state index in [-0.39, 0.29) is 11.2 Å². The molecule has 3 aliphatic heterocycles. The molecule has 2 aromatic rings. The molecule has 0 unspecified atom stereocenters. The molecule has 38 heavy (non-hydrogen) atoms. The van der Waals surface area contributed by atoms with Gasteiger partial charge in [-0.1, -0.05) is 26.0 Å². The fraction of sp³-hybridized carbons (Fsp3) is 0.621. The van der Waals surface area contributed by atoms with E-state index in [1.807, 2.05) is 12.1 Å². The lowest BCUT2D eigenvalue weighted by atomic mass is 9.74. The molecule has 0 aliphatic carbocycles. The highest BCUT2D eigenvalue weighted by atomic mass is 32.1. The number of piperidine rings is 2. The van der Waals surface area contributed by atoms with Gasteiger partial charge < -0.3 is 25.2 Å². The van der Waals surface area contributed by atoms with Gasteiger partial charge in [0.2, 0.25) is 5.95 Å². The van der Waals surface area contributed by atoms with Gasteiger partial charge in [-0.05, 0) is 80.3 Å². The molecule has 0 amide bonds. The third-order valence-electron chi connectivity index (χ3n) is 8.38. The van der Waals surface area contributed by atoms with Crippen LogP contribution >= 0.6 is 12.2 Å². The summed E-state index contributed by atoms with van der Waals surface area (Å²) in [6, 6.07) is 9.00. The standard InChI is InChI=1S/C29H41FN6OS/c1-21-5-3-13-35(18-21)25-17-26(36-14-4-6-22(2)19-36)33-27(32-25)34-28(38)31-20-29(11-15-37-16-12-29)23-7-9-24(30)10-8-23/h7-10,17,21-22H,3-6,11-16,18-20H2,1-2H3,(H2,31,32,33,34,38)/t21-,22-/m1/s1. The van der Waals surface area contributed by atoms with Crippen LogP contribution in [0.4, 0.5) is 22.0 Å². The number of thiocarbonyl (C=S) groups is 1. The zero-order chi connectivity index (χ0) is 26.5. The summed E-state index contributed by atoms with van der Waals surface area (Å²) in [5.74, 6) is 3.56. The third kappa shape index (κ3) is 6.54. The minimum absolute atomic E-state index is 0.167. The smallest absolute Gasteiger partial charge is 0.232 e. The molecule has 3 saturated heterocycles. The quantitative estimate of drug-likeness (QED) is 0.490. The van der Waals surface area contributed by atoms with E-state index in [0.717, 1.165) is 56.2 Å². The zero-order valence-electron chi connectivity index (χ0n) is 22.7. The van der Waals surface area contributed by atoms with Crippen molar-refractivity contribution >= 4 is 34.9 Å². The molecule has 1 aromatic carbocycles. The van der Waals surface area contributed by atoms with Crippen molar-refractivity contribution in [3.8, 4) is 0 Å². The summed E-state index contributed by atoms with van der Waals surface area (Å²) in [6.07, 6.45) is 6.59. The first-order chi connectivity index (χ1) is 18.4. The van der Waals surface area contributed by atoms with Crippen LogP contribution in [0.3, 0.4) is 0 Å². The second-order valence-corrected chi connectivity index (χ2v) is 11.9. The van der Waals surface area contributed by atoms with Crippen molar-refractivity contribution in [1.82, 2.24) is 15.3 Å². The molecular formula is C29H41FN6OS. The molecular weight excluding hydrogens is 499 g/mol. The van der Waals surface area contributed by atoms with Gasteiger partial charge in [0.25, 0.3) is 0 Å². The van der Waals surface area contributed by atoms with E-state index in [1.165, 1.54) is 37.8 Å². The fourth-order valence-electron chi connectivity index (χ4n) is 6.13. The molecule has 2 atom stereocenters. The number of hydrogen-bond acceptors (Lipinski definition) is 6. The predicted octanol–water partition coefficient (Wildman–Crippen LogP) is 5.12. The van der Waals surface area contributed by atoms with Gasteiger partial charge in [-0.2, -0.15) is 9.97 Å². The largest absolute Gasteiger partial charge is 0.381 e. The zero-order valence-corrected chi connectivity index (χ0v) is 23.5. The van der Waals surface area contributed by atoms with E-state index < -0.39 is 0 Å². The maximum absolute atomic E-state index is 13.6. The Bertz CT molecular complexity index is 1050. The third-order valence-corrected chi connectivity index (χ3v) is 8.63. The molecule has 0 spiro atoms. The Morgan fingerprint density at radius 2 is 1.58 bits per heavy atom. The highest BCUT2D eigenvalue weighted by Crippen LogP contribution is 2.34. The molecule has 9 heteroatoms. The van der Waals surface area contributed by atoms with Gasteiger partial charge in [0.15, 0.2) is 5.11 Å². The number of aromatic nitrogens is 2. The van der Waals surface area contributed by atoms with Crippen LogP contribution in [0.25, 0.3) is 0 Å². The van der Waals surface area contributed by atoms with Gasteiger partial charge in [-0.25, -0.2) is 4.39 Å². The Kier molecular flexibility index (Phi) is 8.63. The maximum atomic E-state index is 13.6. The van der Waals surface area contributed by atoms with Crippen LogP contribution in [0.1, 0.15) is 57.9 Å². The second kappa shape index (κ2) is 12.1. The van der Waals surface area contributed by atoms with E-state index in [9.17, 15) is 4.39 Å². The number of benzene rings is 1. The summed E-state index contributed by atoms with van der Waals surface area (Å²) < 4.78 is 19.3. The summed E-state index contributed by atoms with van der Waals surface area (Å²) in [6.45, 7) is 10.7. The minimum Gasteiger partial charge on any atom is -0.381 e. The average molecular weight is 541 g/mol. The SMILES string of the molecule is C[C@@H]1CCCN(c2cc(N3CCC[C@@H](C)C3)nc(NC(=S)NCC3(c4ccc(F)cc4)CCOCC3)n2)C1. The molecule has 2 N–H and O–H groups in total. The van der Waals surface area contributed by atoms with Crippen molar-refractivity contribution in [2.45, 2.75) is 57.8 Å². The summed E-state index contributed by atoms with van der Waals surface area (Å²) in [5, 5.41) is 7.23. The molecule has 7 nitrogen and oxygen atoms in total. The number of rotatable bonds is 6. The monoisotopic (exact) mass is 540 g/mol. The van der Waals surface area contributed by atoms with Crippen molar-refractivity contribution in [3.63, 3.8) is 0 Å². The highest BCUT2D eigenvalue weighted by molar-refractivity contribution is 7.80. The Morgan fingerprint density at radius 3 is 2.13 bits per heavy atom. The van der Waals surface area contributed by atoms with Gasteiger partial charge in [-0.3, -0.25) is 0 Å². The molecule has 3 aliphatic rings. The van der Waals surface area contributed by atoms with Gasteiger partial charge >= 0.3 is 0 Å². The lowest BCUT2D eigenvalue weighted by Crippen LogP contribution is -2.45. The summed E-state index contributed by atoms with van der Waals surface area (Å²) in [4.78, 5) is 14.6. The molecule has 3 fully saturated rings.